The van der Waals surface area contributed by atoms with Gasteiger partial charge in [-0.05, 0) is 31.2 Å². The summed E-state index contributed by atoms with van der Waals surface area (Å²) in [5, 5.41) is -0.835. The van der Waals surface area contributed by atoms with Crippen LogP contribution in [-0.2, 0) is 15.7 Å². The van der Waals surface area contributed by atoms with Crippen LogP contribution in [-0.4, -0.2) is 36.7 Å². The van der Waals surface area contributed by atoms with Gasteiger partial charge >= 0.3 is 12.3 Å². The van der Waals surface area contributed by atoms with Gasteiger partial charge in [0.2, 0.25) is 0 Å². The fourth-order valence-corrected chi connectivity index (χ4v) is 3.07. The number of cyclic esters (lactones) is 1. The first kappa shape index (κ1) is 21.8. The van der Waals surface area contributed by atoms with Crippen LogP contribution in [0.4, 0.5) is 38.3 Å². The summed E-state index contributed by atoms with van der Waals surface area (Å²) < 4.78 is 71.9. The summed E-state index contributed by atoms with van der Waals surface area (Å²) in [7, 11) is 1.14. The number of aromatic nitrogens is 1. The van der Waals surface area contributed by atoms with E-state index >= 15 is 0 Å². The zero-order chi connectivity index (χ0) is 22.4. The van der Waals surface area contributed by atoms with Crippen LogP contribution in [0.3, 0.4) is 0 Å². The summed E-state index contributed by atoms with van der Waals surface area (Å²) in [5.74, 6) is -3.60. The minimum atomic E-state index is -4.71. The summed E-state index contributed by atoms with van der Waals surface area (Å²) in [6, 6.07) is 1.76. The Hall–Kier alpha value is -2.95. The fraction of sp³-hybridized carbons (Fsp3) is 0.278. The van der Waals surface area contributed by atoms with Gasteiger partial charge in [0.25, 0.3) is 5.91 Å². The van der Waals surface area contributed by atoms with Crippen molar-refractivity contribution in [2.24, 2.45) is 0 Å². The maximum atomic E-state index is 14.3. The van der Waals surface area contributed by atoms with Gasteiger partial charge in [-0.25, -0.2) is 23.5 Å². The molecule has 0 radical (unpaired) electrons. The second-order valence-electron chi connectivity index (χ2n) is 6.41. The van der Waals surface area contributed by atoms with E-state index in [1.54, 1.807) is 0 Å². The Labute approximate surface area is 171 Å². The highest BCUT2D eigenvalue weighted by molar-refractivity contribution is 6.31. The van der Waals surface area contributed by atoms with Crippen molar-refractivity contribution in [2.75, 3.05) is 23.5 Å². The third kappa shape index (κ3) is 3.89. The van der Waals surface area contributed by atoms with Crippen molar-refractivity contribution in [3.05, 3.63) is 52.2 Å². The summed E-state index contributed by atoms with van der Waals surface area (Å²) >= 11 is 5.52. The predicted octanol–water partition coefficient (Wildman–Crippen LogP) is 4.33. The first-order valence-electron chi connectivity index (χ1n) is 8.34. The number of carbonyl (C=O) groups is 2. The number of alkyl halides is 3. The normalized spacial score (nSPS) is 16.6. The number of hydrogen-bond donors (Lipinski definition) is 0. The lowest BCUT2D eigenvalue weighted by atomic mass is 10.1. The molecule has 2 heterocycles. The van der Waals surface area contributed by atoms with Crippen LogP contribution in [0.1, 0.15) is 11.3 Å². The molecule has 6 nitrogen and oxygen atoms in total. The number of pyridine rings is 1. The molecule has 160 valence electrons. The molecule has 3 rings (SSSR count). The van der Waals surface area contributed by atoms with Crippen LogP contribution >= 0.6 is 11.6 Å². The second-order valence-corrected chi connectivity index (χ2v) is 6.79. The van der Waals surface area contributed by atoms with E-state index in [1.165, 1.54) is 6.92 Å². The molecule has 2 aromatic rings. The minimum Gasteiger partial charge on any atom is -0.446 e. The number of aryl methyl sites for hydroxylation is 1. The minimum absolute atomic E-state index is 0.0459. The van der Waals surface area contributed by atoms with Crippen LogP contribution in [0.2, 0.25) is 5.02 Å². The average molecular weight is 450 g/mol. The molecular weight excluding hydrogens is 437 g/mol. The molecule has 0 bridgehead atoms. The van der Waals surface area contributed by atoms with Gasteiger partial charge < -0.3 is 9.64 Å². The maximum absolute atomic E-state index is 14.3. The van der Waals surface area contributed by atoms with Crippen molar-refractivity contribution in [1.29, 1.82) is 0 Å². The smallest absolute Gasteiger partial charge is 0.416 e. The number of anilines is 2. The van der Waals surface area contributed by atoms with E-state index in [4.69, 9.17) is 16.3 Å². The van der Waals surface area contributed by atoms with E-state index < -0.39 is 58.9 Å². The lowest BCUT2D eigenvalue weighted by molar-refractivity contribution is -0.137. The van der Waals surface area contributed by atoms with Gasteiger partial charge in [-0.1, -0.05) is 11.6 Å². The van der Waals surface area contributed by atoms with Crippen LogP contribution in [0, 0.1) is 18.6 Å². The van der Waals surface area contributed by atoms with Crippen LogP contribution in [0.15, 0.2) is 24.3 Å². The Morgan fingerprint density at radius 2 is 1.97 bits per heavy atom. The Kier molecular flexibility index (Phi) is 5.59. The summed E-state index contributed by atoms with van der Waals surface area (Å²) in [5.41, 5.74) is -1.50. The first-order valence-corrected chi connectivity index (χ1v) is 8.72. The van der Waals surface area contributed by atoms with E-state index in [1.807, 2.05) is 0 Å². The van der Waals surface area contributed by atoms with Gasteiger partial charge in [0.1, 0.15) is 23.3 Å². The van der Waals surface area contributed by atoms with E-state index in [9.17, 15) is 31.5 Å². The molecule has 1 aromatic carbocycles. The Morgan fingerprint density at radius 3 is 2.60 bits per heavy atom. The van der Waals surface area contributed by atoms with Crippen LogP contribution in [0.5, 0.6) is 0 Å². The first-order chi connectivity index (χ1) is 13.9. The lowest BCUT2D eigenvalue weighted by Crippen LogP contribution is -2.47. The molecule has 2 amide bonds. The molecule has 1 fully saturated rings. The number of carbonyl (C=O) groups excluding carboxylic acids is 2. The quantitative estimate of drug-likeness (QED) is 0.517. The maximum Gasteiger partial charge on any atom is 0.416 e. The third-order valence-corrected chi connectivity index (χ3v) is 4.73. The summed E-state index contributed by atoms with van der Waals surface area (Å²) in [6.07, 6.45) is -5.80. The number of benzene rings is 1. The molecule has 0 spiro atoms. The van der Waals surface area contributed by atoms with Crippen molar-refractivity contribution >= 4 is 35.1 Å². The van der Waals surface area contributed by atoms with Gasteiger partial charge in [0.05, 0.1) is 11.3 Å². The van der Waals surface area contributed by atoms with Gasteiger partial charge in [0.15, 0.2) is 11.9 Å². The molecule has 1 unspecified atom stereocenters. The van der Waals surface area contributed by atoms with Crippen molar-refractivity contribution in [3.63, 3.8) is 0 Å². The standard InChI is InChI=1S/C18H13ClF5N3O3/c1-8-5-9(18(22,23)24)6-13(25-8)27-12(7-30-17(27)29)16(28)26(2)11-4-3-10(20)14(19)15(11)21/h3-6,12H,7H2,1-2H3. The SMILES string of the molecule is Cc1cc(C(F)(F)F)cc(N2C(=O)OCC2C(=O)N(C)c2ccc(F)c(Cl)c2F)n1. The van der Waals surface area contributed by atoms with E-state index in [0.29, 0.717) is 11.0 Å². The van der Waals surface area contributed by atoms with Crippen molar-refractivity contribution in [3.8, 4) is 0 Å². The van der Waals surface area contributed by atoms with Crippen molar-refractivity contribution in [2.45, 2.75) is 19.1 Å². The van der Waals surface area contributed by atoms with Crippen LogP contribution < -0.4 is 9.80 Å². The molecule has 0 aliphatic carbocycles. The molecule has 1 atom stereocenters. The van der Waals surface area contributed by atoms with E-state index in [-0.39, 0.29) is 11.4 Å². The number of rotatable bonds is 3. The van der Waals surface area contributed by atoms with Gasteiger partial charge in [-0.15, -0.1) is 0 Å². The molecule has 1 aliphatic rings. The number of halogens is 6. The Morgan fingerprint density at radius 1 is 1.30 bits per heavy atom. The number of amides is 2. The van der Waals surface area contributed by atoms with E-state index in [2.05, 4.69) is 4.98 Å². The molecule has 0 saturated carbocycles. The molecule has 1 aliphatic heterocycles. The Balaban J connectivity index is 1.98. The highest BCUT2D eigenvalue weighted by atomic mass is 35.5. The van der Waals surface area contributed by atoms with Crippen molar-refractivity contribution < 1.29 is 36.3 Å². The monoisotopic (exact) mass is 449 g/mol. The summed E-state index contributed by atoms with van der Waals surface area (Å²) in [6.45, 7) is 0.786. The highest BCUT2D eigenvalue weighted by Crippen LogP contribution is 2.34. The zero-order valence-corrected chi connectivity index (χ0v) is 16.2. The summed E-state index contributed by atoms with van der Waals surface area (Å²) in [4.78, 5) is 30.4. The van der Waals surface area contributed by atoms with E-state index in [0.717, 1.165) is 30.1 Å². The van der Waals surface area contributed by atoms with Gasteiger partial charge in [-0.3, -0.25) is 4.79 Å². The van der Waals surface area contributed by atoms with Gasteiger partial charge in [0, 0.05) is 12.7 Å². The zero-order valence-electron chi connectivity index (χ0n) is 15.4. The van der Waals surface area contributed by atoms with Gasteiger partial charge in [-0.2, -0.15) is 13.2 Å². The topological polar surface area (TPSA) is 62.7 Å². The predicted molar refractivity (Wildman–Crippen MR) is 96.4 cm³/mol. The molecular formula is C18H13ClF5N3O3. The number of nitrogens with zero attached hydrogens (tertiary/aromatic N) is 3. The molecule has 1 saturated heterocycles. The molecule has 0 N–H and O–H groups in total. The number of ether oxygens (including phenoxy) is 1. The molecule has 1 aromatic heterocycles. The highest BCUT2D eigenvalue weighted by Gasteiger charge is 2.43. The van der Waals surface area contributed by atoms with Crippen LogP contribution in [0.25, 0.3) is 0 Å². The van der Waals surface area contributed by atoms with Crippen molar-refractivity contribution in [1.82, 2.24) is 4.98 Å². The number of likely N-dealkylation sites (N-methyl/N-ethyl adjacent to an activating group) is 1. The fourth-order valence-electron chi connectivity index (χ4n) is 2.91. The Bertz CT molecular complexity index is 1030. The third-order valence-electron chi connectivity index (χ3n) is 4.38. The lowest BCUT2D eigenvalue weighted by Gasteiger charge is -2.26. The number of hydrogen-bond acceptors (Lipinski definition) is 4. The molecule has 12 heteroatoms. The average Bonchev–Trinajstić information content (AvgIpc) is 3.05. The molecule has 30 heavy (non-hydrogen) atoms. The largest absolute Gasteiger partial charge is 0.446 e. The second kappa shape index (κ2) is 7.71.